The van der Waals surface area contributed by atoms with Gasteiger partial charge in [0.05, 0.1) is 26.8 Å². The minimum atomic E-state index is -0.899. The Morgan fingerprint density at radius 2 is 2.00 bits per heavy atom. The fourth-order valence-electron chi connectivity index (χ4n) is 4.63. The molecular formula is C29H32N8O6. The van der Waals surface area contributed by atoms with Crippen LogP contribution in [0.4, 0.5) is 0 Å². The van der Waals surface area contributed by atoms with E-state index in [2.05, 4.69) is 31.1 Å². The summed E-state index contributed by atoms with van der Waals surface area (Å²) in [4.78, 5) is 45.9. The Morgan fingerprint density at radius 1 is 1.16 bits per heavy atom. The van der Waals surface area contributed by atoms with Crippen molar-refractivity contribution < 1.29 is 28.3 Å². The molecule has 14 nitrogen and oxygen atoms in total. The Bertz CT molecular complexity index is 1560. The first kappa shape index (κ1) is 29.2. The van der Waals surface area contributed by atoms with E-state index in [1.165, 1.54) is 15.9 Å². The van der Waals surface area contributed by atoms with E-state index in [0.717, 1.165) is 5.56 Å². The van der Waals surface area contributed by atoms with Crippen LogP contribution in [0.1, 0.15) is 23.4 Å². The molecule has 1 atom stereocenters. The molecule has 4 aromatic rings. The molecule has 0 radical (unpaired) electrons. The standard InChI is InChI=1S/C29H32N8O6/c1-19-23-15-30-28(40)22(13-20-7-4-3-5-8-20)32-26(38)16-36(27(39)17-37-18-31-34-35-37)11-6-12-42-25-14-21(29(33-23)43-19)9-10-24(25)41-2/h3-5,7-10,14,18,22H,6,11-13,15-17H2,1-2H3,(H,30,40)(H,32,38)/t22-/m1/s1. The smallest absolute Gasteiger partial charge is 0.244 e. The molecule has 0 unspecified atom stereocenters. The van der Waals surface area contributed by atoms with Gasteiger partial charge in [-0.15, -0.1) is 5.10 Å². The summed E-state index contributed by atoms with van der Waals surface area (Å²) in [5, 5.41) is 16.6. The number of tetrazole rings is 1. The quantitative estimate of drug-likeness (QED) is 0.347. The normalized spacial score (nSPS) is 16.3. The minimum Gasteiger partial charge on any atom is -0.493 e. The van der Waals surface area contributed by atoms with Crippen molar-refractivity contribution in [2.24, 2.45) is 0 Å². The third kappa shape index (κ3) is 7.52. The second-order valence-corrected chi connectivity index (χ2v) is 9.94. The number of fused-ring (bicyclic) bond motifs is 5. The first-order chi connectivity index (χ1) is 20.9. The number of methoxy groups -OCH3 is 1. The molecule has 224 valence electrons. The molecule has 14 heteroatoms. The average Bonchev–Trinajstić information content (AvgIpc) is 3.66. The number of hydrogen-bond acceptors (Lipinski definition) is 10. The molecular weight excluding hydrogens is 556 g/mol. The van der Waals surface area contributed by atoms with Gasteiger partial charge in [-0.2, -0.15) is 0 Å². The van der Waals surface area contributed by atoms with Crippen LogP contribution >= 0.6 is 0 Å². The highest BCUT2D eigenvalue weighted by Crippen LogP contribution is 2.33. The van der Waals surface area contributed by atoms with Gasteiger partial charge in [-0.3, -0.25) is 14.4 Å². The van der Waals surface area contributed by atoms with Gasteiger partial charge in [-0.25, -0.2) is 9.67 Å². The number of aryl methyl sites for hydroxylation is 1. The Kier molecular flexibility index (Phi) is 9.24. The maximum Gasteiger partial charge on any atom is 0.244 e. The molecule has 0 saturated heterocycles. The number of ether oxygens (including phenoxy) is 2. The van der Waals surface area contributed by atoms with Gasteiger partial charge in [0.1, 0.15) is 30.4 Å². The van der Waals surface area contributed by atoms with E-state index in [9.17, 15) is 14.4 Å². The molecule has 3 amide bonds. The molecule has 2 N–H and O–H groups in total. The molecule has 2 aromatic heterocycles. The highest BCUT2D eigenvalue weighted by molar-refractivity contribution is 5.90. The van der Waals surface area contributed by atoms with E-state index in [-0.39, 0.29) is 45.1 Å². The lowest BCUT2D eigenvalue weighted by atomic mass is 10.1. The van der Waals surface area contributed by atoms with E-state index in [1.54, 1.807) is 26.2 Å². The zero-order chi connectivity index (χ0) is 30.2. The van der Waals surface area contributed by atoms with Crippen LogP contribution < -0.4 is 20.1 Å². The summed E-state index contributed by atoms with van der Waals surface area (Å²) < 4.78 is 18.7. The lowest BCUT2D eigenvalue weighted by Crippen LogP contribution is -2.51. The molecule has 1 aliphatic rings. The first-order valence-electron chi connectivity index (χ1n) is 13.8. The summed E-state index contributed by atoms with van der Waals surface area (Å²) in [6, 6.07) is 13.8. The first-order valence-corrected chi connectivity index (χ1v) is 13.8. The van der Waals surface area contributed by atoms with Crippen molar-refractivity contribution in [2.45, 2.75) is 38.9 Å². The summed E-state index contributed by atoms with van der Waals surface area (Å²) >= 11 is 0. The lowest BCUT2D eigenvalue weighted by Gasteiger charge is -2.24. The van der Waals surface area contributed by atoms with Crippen molar-refractivity contribution in [3.63, 3.8) is 0 Å². The van der Waals surface area contributed by atoms with Crippen LogP contribution in [0.3, 0.4) is 0 Å². The predicted octanol–water partition coefficient (Wildman–Crippen LogP) is 1.30. The minimum absolute atomic E-state index is 0.0887. The Labute approximate surface area is 247 Å². The predicted molar refractivity (Wildman–Crippen MR) is 152 cm³/mol. The Hall–Kier alpha value is -5.27. The molecule has 0 fully saturated rings. The second kappa shape index (κ2) is 13.6. The summed E-state index contributed by atoms with van der Waals surface area (Å²) in [6.07, 6.45) is 1.97. The van der Waals surface area contributed by atoms with Gasteiger partial charge in [0.25, 0.3) is 0 Å². The summed E-state index contributed by atoms with van der Waals surface area (Å²) in [7, 11) is 1.54. The molecule has 5 rings (SSSR count). The van der Waals surface area contributed by atoms with Gasteiger partial charge in [-0.05, 0) is 47.5 Å². The molecule has 0 saturated carbocycles. The van der Waals surface area contributed by atoms with Crippen molar-refractivity contribution in [1.29, 1.82) is 0 Å². The van der Waals surface area contributed by atoms with Crippen LogP contribution in [0.5, 0.6) is 11.5 Å². The number of oxazole rings is 1. The van der Waals surface area contributed by atoms with Gasteiger partial charge in [0.15, 0.2) is 11.5 Å². The van der Waals surface area contributed by atoms with E-state index in [1.807, 2.05) is 36.4 Å². The summed E-state index contributed by atoms with van der Waals surface area (Å²) in [6.45, 7) is 1.86. The fourth-order valence-corrected chi connectivity index (χ4v) is 4.63. The number of nitrogens with one attached hydrogen (secondary N) is 2. The second-order valence-electron chi connectivity index (χ2n) is 9.94. The van der Waals surface area contributed by atoms with Gasteiger partial charge in [-0.1, -0.05) is 30.3 Å². The number of carbonyl (C=O) groups is 3. The van der Waals surface area contributed by atoms with E-state index >= 15 is 0 Å². The number of benzene rings is 2. The lowest BCUT2D eigenvalue weighted by molar-refractivity contribution is -0.137. The fraction of sp³-hybridized carbons (Fsp3) is 0.345. The van der Waals surface area contributed by atoms with Crippen molar-refractivity contribution >= 4 is 17.7 Å². The van der Waals surface area contributed by atoms with Crippen LogP contribution in [0.2, 0.25) is 0 Å². The number of rotatable bonds is 5. The maximum absolute atomic E-state index is 13.4. The van der Waals surface area contributed by atoms with Crippen molar-refractivity contribution in [3.05, 3.63) is 71.9 Å². The van der Waals surface area contributed by atoms with Gasteiger partial charge >= 0.3 is 0 Å². The Balaban J connectivity index is 1.43. The Morgan fingerprint density at radius 3 is 2.77 bits per heavy atom. The monoisotopic (exact) mass is 588 g/mol. The van der Waals surface area contributed by atoms with Gasteiger partial charge in [0, 0.05) is 18.5 Å². The molecule has 4 bridgehead atoms. The van der Waals surface area contributed by atoms with Crippen LogP contribution in [0.25, 0.3) is 11.5 Å². The van der Waals surface area contributed by atoms with Crippen LogP contribution in [0.15, 0.2) is 59.3 Å². The highest BCUT2D eigenvalue weighted by atomic mass is 16.5. The zero-order valence-corrected chi connectivity index (χ0v) is 23.9. The number of aromatic nitrogens is 5. The van der Waals surface area contributed by atoms with Gasteiger partial charge in [0.2, 0.25) is 23.6 Å². The number of carbonyl (C=O) groups excluding carboxylic acids is 3. The molecule has 0 spiro atoms. The highest BCUT2D eigenvalue weighted by Gasteiger charge is 2.25. The van der Waals surface area contributed by atoms with Crippen molar-refractivity contribution in [3.8, 4) is 23.0 Å². The largest absolute Gasteiger partial charge is 0.493 e. The number of hydrogen-bond donors (Lipinski definition) is 2. The topological polar surface area (TPSA) is 167 Å². The molecule has 3 heterocycles. The van der Waals surface area contributed by atoms with Crippen molar-refractivity contribution in [1.82, 2.24) is 40.7 Å². The molecule has 1 aliphatic heterocycles. The third-order valence-corrected chi connectivity index (χ3v) is 6.87. The van der Waals surface area contributed by atoms with E-state index in [0.29, 0.717) is 40.8 Å². The van der Waals surface area contributed by atoms with Gasteiger partial charge < -0.3 is 29.4 Å². The van der Waals surface area contributed by atoms with Crippen molar-refractivity contribution in [2.75, 3.05) is 26.8 Å². The molecule has 43 heavy (non-hydrogen) atoms. The molecule has 2 aromatic carbocycles. The SMILES string of the molecule is COc1ccc2cc1OCCCN(C(=O)Cn1cnnn1)CC(=O)N[C@H](Cc1ccccc1)C(=O)NCc1nc-2oc1C. The molecule has 0 aliphatic carbocycles. The van der Waals surface area contributed by atoms with Crippen LogP contribution in [-0.4, -0.2) is 80.7 Å². The number of amides is 3. The average molecular weight is 589 g/mol. The zero-order valence-electron chi connectivity index (χ0n) is 23.9. The van der Waals surface area contributed by atoms with Crippen LogP contribution in [-0.2, 0) is 33.9 Å². The maximum atomic E-state index is 13.4. The van der Waals surface area contributed by atoms with E-state index < -0.39 is 17.9 Å². The van der Waals surface area contributed by atoms with E-state index in [4.69, 9.17) is 13.9 Å². The summed E-state index contributed by atoms with van der Waals surface area (Å²) in [5.41, 5.74) is 2.08. The van der Waals surface area contributed by atoms with Crippen LogP contribution in [0, 0.1) is 6.92 Å². The summed E-state index contributed by atoms with van der Waals surface area (Å²) in [5.74, 6) is 0.654. The number of nitrogens with zero attached hydrogens (tertiary/aromatic N) is 6. The third-order valence-electron chi connectivity index (χ3n) is 6.87.